The minimum atomic E-state index is 0.196. The van der Waals surface area contributed by atoms with Gasteiger partial charge in [-0.05, 0) is 62.7 Å². The third-order valence-corrected chi connectivity index (χ3v) is 5.83. The van der Waals surface area contributed by atoms with Gasteiger partial charge in [-0.3, -0.25) is 4.79 Å². The normalized spacial score (nSPS) is 14.5. The van der Waals surface area contributed by atoms with Crippen molar-refractivity contribution in [2.45, 2.75) is 45.1 Å². The summed E-state index contributed by atoms with van der Waals surface area (Å²) in [4.78, 5) is 15.0. The number of halogens is 1. The number of likely N-dealkylation sites (tertiary alicyclic amines) is 1. The molecule has 0 bridgehead atoms. The summed E-state index contributed by atoms with van der Waals surface area (Å²) >= 11 is 6.21. The number of rotatable bonds is 10. The van der Waals surface area contributed by atoms with Gasteiger partial charge >= 0.3 is 0 Å². The van der Waals surface area contributed by atoms with E-state index in [1.165, 1.54) is 19.3 Å². The van der Waals surface area contributed by atoms with E-state index in [0.29, 0.717) is 35.9 Å². The molecule has 2 aromatic carbocycles. The third-order valence-electron chi connectivity index (χ3n) is 5.50. The van der Waals surface area contributed by atoms with E-state index in [2.05, 4.69) is 4.90 Å². The maximum absolute atomic E-state index is 12.6. The quantitative estimate of drug-likeness (QED) is 0.544. The maximum atomic E-state index is 12.6. The van der Waals surface area contributed by atoms with Gasteiger partial charge in [0.05, 0.1) is 17.8 Å². The van der Waals surface area contributed by atoms with Gasteiger partial charge < -0.3 is 20.1 Å². The summed E-state index contributed by atoms with van der Waals surface area (Å²) in [6, 6.07) is 11.1. The number of carbonyl (C=O) groups is 1. The van der Waals surface area contributed by atoms with E-state index in [1.807, 2.05) is 24.3 Å². The van der Waals surface area contributed by atoms with Crippen LogP contribution in [-0.4, -0.2) is 37.4 Å². The maximum Gasteiger partial charge on any atom is 0.137 e. The molecule has 2 aromatic rings. The van der Waals surface area contributed by atoms with Gasteiger partial charge in [0.15, 0.2) is 0 Å². The zero-order chi connectivity index (χ0) is 21.3. The Morgan fingerprint density at radius 2 is 1.87 bits per heavy atom. The predicted octanol–water partition coefficient (Wildman–Crippen LogP) is 4.89. The Balaban J connectivity index is 1.57. The predicted molar refractivity (Wildman–Crippen MR) is 121 cm³/mol. The molecule has 0 unspecified atom stereocenters. The molecule has 1 aliphatic rings. The number of ether oxygens (including phenoxy) is 2. The summed E-state index contributed by atoms with van der Waals surface area (Å²) in [5.41, 5.74) is 8.20. The van der Waals surface area contributed by atoms with Crippen LogP contribution < -0.4 is 15.2 Å². The second-order valence-electron chi connectivity index (χ2n) is 7.84. The fourth-order valence-electron chi connectivity index (χ4n) is 3.75. The van der Waals surface area contributed by atoms with E-state index in [0.717, 1.165) is 42.9 Å². The molecule has 0 saturated carbocycles. The van der Waals surface area contributed by atoms with Crippen LogP contribution in [0.4, 0.5) is 5.69 Å². The van der Waals surface area contributed by atoms with Crippen LogP contribution in [-0.2, 0) is 17.8 Å². The highest BCUT2D eigenvalue weighted by Crippen LogP contribution is 2.30. The van der Waals surface area contributed by atoms with Crippen LogP contribution >= 0.6 is 11.6 Å². The number of anilines is 1. The van der Waals surface area contributed by atoms with Gasteiger partial charge in [0.2, 0.25) is 0 Å². The number of nitrogen functional groups attached to an aromatic ring is 1. The van der Waals surface area contributed by atoms with Crippen LogP contribution in [0.15, 0.2) is 36.4 Å². The topological polar surface area (TPSA) is 64.8 Å². The third kappa shape index (κ3) is 6.64. The molecule has 1 saturated heterocycles. The Labute approximate surface area is 184 Å². The first-order valence-electron chi connectivity index (χ1n) is 10.6. The fourth-order valence-corrected chi connectivity index (χ4v) is 3.94. The standard InChI is InChI=1S/C24H31ClN2O3/c1-29-21-9-7-18(8-10-21)17-30-24-16-23(26)22(25)15-19(24)14-20(28)6-5-13-27-11-3-2-4-12-27/h7-10,15-16H,2-6,11-14,17,26H2,1H3. The molecule has 0 radical (unpaired) electrons. The molecule has 0 aromatic heterocycles. The molecule has 0 amide bonds. The lowest BCUT2D eigenvalue weighted by Crippen LogP contribution is -2.30. The molecule has 0 aliphatic carbocycles. The van der Waals surface area contributed by atoms with Crippen molar-refractivity contribution in [3.8, 4) is 11.5 Å². The van der Waals surface area contributed by atoms with Crippen LogP contribution in [0.1, 0.15) is 43.2 Å². The summed E-state index contributed by atoms with van der Waals surface area (Å²) in [5.74, 6) is 1.60. The van der Waals surface area contributed by atoms with Crippen LogP contribution in [0.3, 0.4) is 0 Å². The van der Waals surface area contributed by atoms with Gasteiger partial charge in [0.1, 0.15) is 23.9 Å². The molecule has 1 heterocycles. The van der Waals surface area contributed by atoms with Crippen molar-refractivity contribution < 1.29 is 14.3 Å². The second kappa shape index (κ2) is 11.2. The Morgan fingerprint density at radius 3 is 2.57 bits per heavy atom. The summed E-state index contributed by atoms with van der Waals surface area (Å²) in [5, 5.41) is 0.447. The number of hydrogen-bond donors (Lipinski definition) is 1. The van der Waals surface area contributed by atoms with E-state index in [4.69, 9.17) is 26.8 Å². The average Bonchev–Trinajstić information content (AvgIpc) is 2.76. The van der Waals surface area contributed by atoms with Crippen molar-refractivity contribution in [2.24, 2.45) is 0 Å². The average molecular weight is 431 g/mol. The number of carbonyl (C=O) groups excluding carboxylic acids is 1. The summed E-state index contributed by atoms with van der Waals surface area (Å²) in [6.07, 6.45) is 5.63. The molecule has 0 spiro atoms. The molecule has 6 heteroatoms. The number of nitrogens with two attached hydrogens (primary N) is 1. The number of hydrogen-bond acceptors (Lipinski definition) is 5. The molecule has 3 rings (SSSR count). The van der Waals surface area contributed by atoms with Crippen LogP contribution in [0.5, 0.6) is 11.5 Å². The minimum Gasteiger partial charge on any atom is -0.497 e. The smallest absolute Gasteiger partial charge is 0.137 e. The minimum absolute atomic E-state index is 0.196. The first-order valence-corrected chi connectivity index (χ1v) is 11.0. The van der Waals surface area contributed by atoms with E-state index in [1.54, 1.807) is 19.2 Å². The Kier molecular flexibility index (Phi) is 8.40. The highest BCUT2D eigenvalue weighted by molar-refractivity contribution is 6.33. The van der Waals surface area contributed by atoms with Crippen molar-refractivity contribution in [1.29, 1.82) is 0 Å². The van der Waals surface area contributed by atoms with E-state index in [9.17, 15) is 4.79 Å². The van der Waals surface area contributed by atoms with Crippen LogP contribution in [0, 0.1) is 0 Å². The molecule has 1 aliphatic heterocycles. The molecule has 1 fully saturated rings. The Morgan fingerprint density at radius 1 is 1.13 bits per heavy atom. The van der Waals surface area contributed by atoms with Crippen molar-refractivity contribution >= 4 is 23.1 Å². The van der Waals surface area contributed by atoms with Crippen molar-refractivity contribution in [3.05, 3.63) is 52.5 Å². The number of ketones is 1. The summed E-state index contributed by atoms with van der Waals surface area (Å²) in [6.45, 7) is 3.69. The number of benzene rings is 2. The second-order valence-corrected chi connectivity index (χ2v) is 8.25. The zero-order valence-electron chi connectivity index (χ0n) is 17.7. The van der Waals surface area contributed by atoms with Crippen molar-refractivity contribution in [3.63, 3.8) is 0 Å². The van der Waals surface area contributed by atoms with Gasteiger partial charge in [0.25, 0.3) is 0 Å². The first-order chi connectivity index (χ1) is 14.5. The first kappa shape index (κ1) is 22.4. The molecule has 2 N–H and O–H groups in total. The zero-order valence-corrected chi connectivity index (χ0v) is 18.4. The summed E-state index contributed by atoms with van der Waals surface area (Å²) in [7, 11) is 1.64. The molecular formula is C24H31ClN2O3. The summed E-state index contributed by atoms with van der Waals surface area (Å²) < 4.78 is 11.2. The van der Waals surface area contributed by atoms with Gasteiger partial charge in [-0.2, -0.15) is 0 Å². The van der Waals surface area contributed by atoms with E-state index in [-0.39, 0.29) is 5.78 Å². The van der Waals surface area contributed by atoms with Gasteiger partial charge in [-0.25, -0.2) is 0 Å². The van der Waals surface area contributed by atoms with Gasteiger partial charge in [0, 0.05) is 24.5 Å². The lowest BCUT2D eigenvalue weighted by Gasteiger charge is -2.26. The van der Waals surface area contributed by atoms with Gasteiger partial charge in [-0.15, -0.1) is 0 Å². The molecule has 162 valence electrons. The highest BCUT2D eigenvalue weighted by Gasteiger charge is 2.14. The van der Waals surface area contributed by atoms with E-state index < -0.39 is 0 Å². The number of nitrogens with zero attached hydrogens (tertiary/aromatic N) is 1. The van der Waals surface area contributed by atoms with Crippen LogP contribution in [0.25, 0.3) is 0 Å². The van der Waals surface area contributed by atoms with Crippen molar-refractivity contribution in [2.75, 3.05) is 32.5 Å². The fraction of sp³-hybridized carbons (Fsp3) is 0.458. The van der Waals surface area contributed by atoms with Crippen LogP contribution in [0.2, 0.25) is 5.02 Å². The molecule has 0 atom stereocenters. The number of Topliss-reactive ketones (excluding diaryl/α,β-unsaturated/α-hetero) is 1. The number of piperidine rings is 1. The number of methoxy groups -OCH3 is 1. The highest BCUT2D eigenvalue weighted by atomic mass is 35.5. The lowest BCUT2D eigenvalue weighted by atomic mass is 10.0. The molecule has 30 heavy (non-hydrogen) atoms. The Bertz CT molecular complexity index is 833. The molecular weight excluding hydrogens is 400 g/mol. The molecule has 5 nitrogen and oxygen atoms in total. The largest absolute Gasteiger partial charge is 0.497 e. The SMILES string of the molecule is COc1ccc(COc2cc(N)c(Cl)cc2CC(=O)CCCN2CCCCC2)cc1. The van der Waals surface area contributed by atoms with E-state index >= 15 is 0 Å². The monoisotopic (exact) mass is 430 g/mol. The van der Waals surface area contributed by atoms with Crippen molar-refractivity contribution in [1.82, 2.24) is 4.90 Å². The Hall–Kier alpha value is -2.24. The van der Waals surface area contributed by atoms with Gasteiger partial charge in [-0.1, -0.05) is 30.2 Å². The lowest BCUT2D eigenvalue weighted by molar-refractivity contribution is -0.118.